The number of pyridine rings is 1. The number of nitrogens with zero attached hydrogens (tertiary/aromatic N) is 2. The van der Waals surface area contributed by atoms with Gasteiger partial charge in [-0.1, -0.05) is 6.07 Å². The second-order valence-corrected chi connectivity index (χ2v) is 4.04. The smallest absolute Gasteiger partial charge is 0.304 e. The Balaban J connectivity index is 2.35. The first-order valence-electron chi connectivity index (χ1n) is 5.40. The largest absolute Gasteiger partial charge is 0.481 e. The molecular formula is C12H18N2O2. The summed E-state index contributed by atoms with van der Waals surface area (Å²) in [7, 11) is 1.95. The molecule has 16 heavy (non-hydrogen) atoms. The van der Waals surface area contributed by atoms with E-state index >= 15 is 0 Å². The van der Waals surface area contributed by atoms with E-state index < -0.39 is 5.97 Å². The molecule has 4 heteroatoms. The summed E-state index contributed by atoms with van der Waals surface area (Å²) in [6, 6.07) is 4.01. The Morgan fingerprint density at radius 2 is 2.38 bits per heavy atom. The van der Waals surface area contributed by atoms with Crippen molar-refractivity contribution < 1.29 is 9.90 Å². The zero-order chi connectivity index (χ0) is 12.0. The molecule has 1 rings (SSSR count). The highest BCUT2D eigenvalue weighted by Gasteiger charge is 2.12. The number of hydrogen-bond donors (Lipinski definition) is 1. The molecule has 0 fully saturated rings. The highest BCUT2D eigenvalue weighted by Crippen LogP contribution is 2.04. The third kappa shape index (κ3) is 4.40. The average molecular weight is 222 g/mol. The number of likely N-dealkylation sites (N-methyl/N-ethyl adjacent to an activating group) is 1. The number of carboxylic acid groups (broad SMARTS) is 1. The summed E-state index contributed by atoms with van der Waals surface area (Å²) in [6.45, 7) is 2.78. The summed E-state index contributed by atoms with van der Waals surface area (Å²) in [5.41, 5.74) is 1.18. The second-order valence-electron chi connectivity index (χ2n) is 4.04. The molecule has 0 spiro atoms. The maximum Gasteiger partial charge on any atom is 0.304 e. The molecular weight excluding hydrogens is 204 g/mol. The first-order chi connectivity index (χ1) is 7.59. The maximum atomic E-state index is 10.6. The summed E-state index contributed by atoms with van der Waals surface area (Å²) in [5.74, 6) is -0.749. The molecule has 1 aromatic rings. The number of aliphatic carboxylic acids is 1. The molecule has 0 saturated carbocycles. The Morgan fingerprint density at radius 1 is 1.62 bits per heavy atom. The van der Waals surface area contributed by atoms with E-state index in [0.29, 0.717) is 0 Å². The van der Waals surface area contributed by atoms with Gasteiger partial charge in [0.25, 0.3) is 0 Å². The van der Waals surface area contributed by atoms with Gasteiger partial charge in [-0.25, -0.2) is 0 Å². The summed E-state index contributed by atoms with van der Waals surface area (Å²) in [5, 5.41) is 8.68. The summed E-state index contributed by atoms with van der Waals surface area (Å²) in [4.78, 5) is 16.7. The minimum Gasteiger partial charge on any atom is -0.481 e. The Bertz CT molecular complexity index is 327. The van der Waals surface area contributed by atoms with Crippen molar-refractivity contribution in [3.05, 3.63) is 30.1 Å². The van der Waals surface area contributed by atoms with Crippen molar-refractivity contribution in [3.8, 4) is 0 Å². The van der Waals surface area contributed by atoms with Crippen LogP contribution in [0.2, 0.25) is 0 Å². The molecule has 88 valence electrons. The first-order valence-corrected chi connectivity index (χ1v) is 5.40. The molecule has 1 aromatic heterocycles. The van der Waals surface area contributed by atoms with Crippen LogP contribution >= 0.6 is 0 Å². The lowest BCUT2D eigenvalue weighted by Gasteiger charge is -2.23. The Hall–Kier alpha value is -1.42. The van der Waals surface area contributed by atoms with Crippen LogP contribution in [0.1, 0.15) is 18.9 Å². The third-order valence-corrected chi connectivity index (χ3v) is 2.70. The van der Waals surface area contributed by atoms with Gasteiger partial charge in [0.2, 0.25) is 0 Å². The Morgan fingerprint density at radius 3 is 2.94 bits per heavy atom. The van der Waals surface area contributed by atoms with E-state index in [-0.39, 0.29) is 12.5 Å². The van der Waals surface area contributed by atoms with Crippen LogP contribution in [0.15, 0.2) is 24.5 Å². The van der Waals surface area contributed by atoms with Crippen molar-refractivity contribution in [2.24, 2.45) is 0 Å². The number of aromatic nitrogens is 1. The van der Waals surface area contributed by atoms with Gasteiger partial charge in [0.1, 0.15) is 0 Å². The molecule has 0 radical (unpaired) electrons. The van der Waals surface area contributed by atoms with E-state index in [9.17, 15) is 4.79 Å². The van der Waals surface area contributed by atoms with Gasteiger partial charge in [-0.05, 0) is 32.0 Å². The zero-order valence-electron chi connectivity index (χ0n) is 9.76. The molecule has 0 aliphatic carbocycles. The standard InChI is InChI=1S/C12H18N2O2/c1-10(8-12(15)16)14(2)7-5-11-4-3-6-13-9-11/h3-4,6,9-10H,5,7-8H2,1-2H3,(H,15,16). The van der Waals surface area contributed by atoms with Crippen LogP contribution in [0.4, 0.5) is 0 Å². The molecule has 0 amide bonds. The summed E-state index contributed by atoms with van der Waals surface area (Å²) >= 11 is 0. The lowest BCUT2D eigenvalue weighted by atomic mass is 10.1. The van der Waals surface area contributed by atoms with Crippen molar-refractivity contribution >= 4 is 5.97 Å². The fourth-order valence-electron chi connectivity index (χ4n) is 1.48. The minimum atomic E-state index is -0.749. The van der Waals surface area contributed by atoms with E-state index in [1.165, 1.54) is 5.56 Å². The van der Waals surface area contributed by atoms with Crippen LogP contribution in [0.25, 0.3) is 0 Å². The summed E-state index contributed by atoms with van der Waals surface area (Å²) < 4.78 is 0. The van der Waals surface area contributed by atoms with Gasteiger partial charge in [-0.2, -0.15) is 0 Å². The van der Waals surface area contributed by atoms with Crippen LogP contribution in [0.5, 0.6) is 0 Å². The Labute approximate surface area is 95.9 Å². The monoisotopic (exact) mass is 222 g/mol. The number of hydrogen-bond acceptors (Lipinski definition) is 3. The highest BCUT2D eigenvalue weighted by atomic mass is 16.4. The van der Waals surface area contributed by atoms with E-state index in [1.807, 2.05) is 32.3 Å². The van der Waals surface area contributed by atoms with Gasteiger partial charge in [0, 0.05) is 25.0 Å². The predicted octanol–water partition coefficient (Wildman–Crippen LogP) is 1.42. The normalized spacial score (nSPS) is 12.7. The van der Waals surface area contributed by atoms with Crippen molar-refractivity contribution in [2.45, 2.75) is 25.8 Å². The number of carbonyl (C=O) groups is 1. The van der Waals surface area contributed by atoms with E-state index in [2.05, 4.69) is 9.88 Å². The van der Waals surface area contributed by atoms with Crippen LogP contribution in [-0.2, 0) is 11.2 Å². The van der Waals surface area contributed by atoms with E-state index in [0.717, 1.165) is 13.0 Å². The number of carboxylic acids is 1. The minimum absolute atomic E-state index is 0.0640. The highest BCUT2D eigenvalue weighted by molar-refractivity contribution is 5.67. The fourth-order valence-corrected chi connectivity index (χ4v) is 1.48. The quantitative estimate of drug-likeness (QED) is 0.791. The van der Waals surface area contributed by atoms with E-state index in [1.54, 1.807) is 6.20 Å². The molecule has 1 N–H and O–H groups in total. The van der Waals surface area contributed by atoms with Crippen molar-refractivity contribution in [1.82, 2.24) is 9.88 Å². The third-order valence-electron chi connectivity index (χ3n) is 2.70. The van der Waals surface area contributed by atoms with E-state index in [4.69, 9.17) is 5.11 Å². The van der Waals surface area contributed by atoms with Gasteiger partial charge in [-0.3, -0.25) is 9.78 Å². The van der Waals surface area contributed by atoms with Crippen molar-refractivity contribution in [1.29, 1.82) is 0 Å². The average Bonchev–Trinajstić information content (AvgIpc) is 2.26. The molecule has 0 aliphatic heterocycles. The van der Waals surface area contributed by atoms with Crippen molar-refractivity contribution in [2.75, 3.05) is 13.6 Å². The molecule has 4 nitrogen and oxygen atoms in total. The second kappa shape index (κ2) is 6.23. The maximum absolute atomic E-state index is 10.6. The molecule has 1 unspecified atom stereocenters. The van der Waals surface area contributed by atoms with Gasteiger partial charge in [-0.15, -0.1) is 0 Å². The first kappa shape index (κ1) is 12.6. The van der Waals surface area contributed by atoms with Crippen LogP contribution in [-0.4, -0.2) is 40.6 Å². The molecule has 0 aliphatic rings. The van der Waals surface area contributed by atoms with Gasteiger partial charge < -0.3 is 10.0 Å². The molecule has 0 bridgehead atoms. The fraction of sp³-hybridized carbons (Fsp3) is 0.500. The van der Waals surface area contributed by atoms with Crippen LogP contribution in [0, 0.1) is 0 Å². The van der Waals surface area contributed by atoms with Gasteiger partial charge in [0.05, 0.1) is 6.42 Å². The van der Waals surface area contributed by atoms with Crippen molar-refractivity contribution in [3.63, 3.8) is 0 Å². The van der Waals surface area contributed by atoms with Gasteiger partial charge in [0.15, 0.2) is 0 Å². The molecule has 1 heterocycles. The summed E-state index contributed by atoms with van der Waals surface area (Å²) in [6.07, 6.45) is 4.67. The van der Waals surface area contributed by atoms with Crippen LogP contribution < -0.4 is 0 Å². The van der Waals surface area contributed by atoms with Crippen LogP contribution in [0.3, 0.4) is 0 Å². The molecule has 0 saturated heterocycles. The Kier molecular flexibility index (Phi) is 4.92. The molecule has 0 aromatic carbocycles. The molecule has 1 atom stereocenters. The lowest BCUT2D eigenvalue weighted by molar-refractivity contribution is -0.138. The van der Waals surface area contributed by atoms with Gasteiger partial charge >= 0.3 is 5.97 Å². The lowest BCUT2D eigenvalue weighted by Crippen LogP contribution is -2.32. The number of rotatable bonds is 6. The SMILES string of the molecule is CC(CC(=O)O)N(C)CCc1cccnc1. The zero-order valence-corrected chi connectivity index (χ0v) is 9.76. The predicted molar refractivity (Wildman–Crippen MR) is 62.3 cm³/mol. The topological polar surface area (TPSA) is 53.4 Å².